The van der Waals surface area contributed by atoms with E-state index in [1.54, 1.807) is 0 Å². The van der Waals surface area contributed by atoms with Crippen LogP contribution in [0.3, 0.4) is 0 Å². The molecule has 2 heterocycles. The number of aromatic nitrogens is 2. The molecule has 1 aliphatic rings. The maximum Gasteiger partial charge on any atom is 0.431 e. The number of benzene rings is 1. The summed E-state index contributed by atoms with van der Waals surface area (Å²) in [6.07, 6.45) is -4.84. The lowest BCUT2D eigenvalue weighted by molar-refractivity contribution is -0.144. The number of alkyl halides is 3. The Balaban J connectivity index is 2.22. The van der Waals surface area contributed by atoms with Crippen molar-refractivity contribution in [2.45, 2.75) is 6.18 Å². The molecule has 2 aromatic rings. The van der Waals surface area contributed by atoms with Crippen LogP contribution in [0.2, 0.25) is 0 Å². The Bertz CT molecular complexity index is 1010. The van der Waals surface area contributed by atoms with E-state index in [4.69, 9.17) is 4.84 Å². The summed E-state index contributed by atoms with van der Waals surface area (Å²) in [6.45, 7) is -0.0117. The number of hydroxylamine groups is 1. The maximum atomic E-state index is 12.9. The van der Waals surface area contributed by atoms with Gasteiger partial charge in [-0.25, -0.2) is 9.36 Å². The quantitative estimate of drug-likeness (QED) is 0.848. The minimum Gasteiger partial charge on any atom is -0.374 e. The molecule has 0 spiro atoms. The number of fused-ring (bicyclic) bond motifs is 1. The first-order valence-electron chi connectivity index (χ1n) is 7.31. The van der Waals surface area contributed by atoms with E-state index in [2.05, 4.69) is 5.32 Å². The number of rotatable bonds is 2. The second-order valence-corrected chi connectivity index (χ2v) is 5.47. The molecule has 26 heavy (non-hydrogen) atoms. The van der Waals surface area contributed by atoms with Gasteiger partial charge in [-0.05, 0) is 18.2 Å². The number of hydrogen-bond donors (Lipinski definition) is 1. The molecule has 1 N–H and O–H groups in total. The van der Waals surface area contributed by atoms with Crippen LogP contribution in [0, 0.1) is 0 Å². The van der Waals surface area contributed by atoms with Crippen LogP contribution >= 0.6 is 0 Å². The number of anilines is 2. The highest BCUT2D eigenvalue weighted by Crippen LogP contribution is 2.31. The Labute approximate surface area is 144 Å². The van der Waals surface area contributed by atoms with Gasteiger partial charge in [0.05, 0.1) is 30.7 Å². The van der Waals surface area contributed by atoms with E-state index >= 15 is 0 Å². The molecule has 0 unspecified atom stereocenters. The Morgan fingerprint density at radius 1 is 1.15 bits per heavy atom. The van der Waals surface area contributed by atoms with Gasteiger partial charge < -0.3 is 5.32 Å². The molecule has 11 heteroatoms. The number of carbonyl (C=O) groups excluding carboxylic acids is 1. The van der Waals surface area contributed by atoms with Crippen molar-refractivity contribution in [3.8, 4) is 5.69 Å². The minimum absolute atomic E-state index is 0.00150. The molecule has 138 valence electrons. The molecule has 1 aromatic heterocycles. The fraction of sp³-hybridized carbons (Fsp3) is 0.267. The monoisotopic (exact) mass is 370 g/mol. The Morgan fingerprint density at radius 2 is 1.85 bits per heavy atom. The first-order chi connectivity index (χ1) is 12.1. The van der Waals surface area contributed by atoms with E-state index < -0.39 is 29.0 Å². The van der Waals surface area contributed by atoms with Gasteiger partial charge >= 0.3 is 11.9 Å². The lowest BCUT2D eigenvalue weighted by atomic mass is 10.2. The number of nitrogens with one attached hydrogen (secondary N) is 1. The van der Waals surface area contributed by atoms with Crippen LogP contribution in [0.4, 0.5) is 24.5 Å². The normalized spacial score (nSPS) is 14.2. The number of carbonyl (C=O) groups is 1. The second-order valence-electron chi connectivity index (χ2n) is 5.47. The largest absolute Gasteiger partial charge is 0.431 e. The summed E-state index contributed by atoms with van der Waals surface area (Å²) in [7, 11) is 2.19. The summed E-state index contributed by atoms with van der Waals surface area (Å²) in [5, 5.41) is 3.80. The average Bonchev–Trinajstić information content (AvgIpc) is 2.57. The number of nitrogens with zero attached hydrogens (tertiary/aromatic N) is 3. The predicted molar refractivity (Wildman–Crippen MR) is 85.3 cm³/mol. The third-order valence-corrected chi connectivity index (χ3v) is 3.91. The van der Waals surface area contributed by atoms with Crippen LogP contribution in [-0.2, 0) is 22.9 Å². The van der Waals surface area contributed by atoms with E-state index in [-0.39, 0.29) is 17.9 Å². The summed E-state index contributed by atoms with van der Waals surface area (Å²) in [6, 6.07) is 4.52. The van der Waals surface area contributed by atoms with Gasteiger partial charge in [-0.1, -0.05) is 0 Å². The van der Waals surface area contributed by atoms with Gasteiger partial charge in [0, 0.05) is 13.1 Å². The first kappa shape index (κ1) is 17.7. The molecular formula is C15H13F3N4O4. The van der Waals surface area contributed by atoms with E-state index in [9.17, 15) is 27.6 Å². The molecule has 1 amide bonds. The van der Waals surface area contributed by atoms with Crippen LogP contribution in [0.25, 0.3) is 5.69 Å². The first-order valence-corrected chi connectivity index (χ1v) is 7.31. The van der Waals surface area contributed by atoms with Gasteiger partial charge in [-0.3, -0.25) is 19.0 Å². The standard InChI is InChI=1S/C15H13F3N4O4/c1-20-11(15(16,17)18)6-12(23)21(14(20)25)8-3-4-9-10(5-8)22(26-2)13(24)7-19-9/h3-6,19H,7H2,1-2H3. The van der Waals surface area contributed by atoms with Crippen molar-refractivity contribution in [1.29, 1.82) is 0 Å². The summed E-state index contributed by atoms with van der Waals surface area (Å²) < 4.78 is 39.7. The van der Waals surface area contributed by atoms with Gasteiger partial charge in [0.25, 0.3) is 11.5 Å². The zero-order valence-electron chi connectivity index (χ0n) is 13.6. The summed E-state index contributed by atoms with van der Waals surface area (Å²) in [4.78, 5) is 41.4. The molecule has 0 fully saturated rings. The molecular weight excluding hydrogens is 357 g/mol. The fourth-order valence-electron chi connectivity index (χ4n) is 2.69. The van der Waals surface area contributed by atoms with Crippen molar-refractivity contribution < 1.29 is 22.8 Å². The molecule has 1 aliphatic heterocycles. The van der Waals surface area contributed by atoms with Gasteiger partial charge in [0.1, 0.15) is 5.69 Å². The topological polar surface area (TPSA) is 85.6 Å². The van der Waals surface area contributed by atoms with Crippen LogP contribution < -0.4 is 21.6 Å². The van der Waals surface area contributed by atoms with Crippen molar-refractivity contribution in [3.05, 3.63) is 50.8 Å². The van der Waals surface area contributed by atoms with Crippen molar-refractivity contribution in [2.75, 3.05) is 24.0 Å². The van der Waals surface area contributed by atoms with Crippen molar-refractivity contribution in [2.24, 2.45) is 7.05 Å². The third-order valence-electron chi connectivity index (χ3n) is 3.91. The number of hydrogen-bond acceptors (Lipinski definition) is 5. The summed E-state index contributed by atoms with van der Waals surface area (Å²) in [5.41, 5.74) is -2.91. The lowest BCUT2D eigenvalue weighted by Gasteiger charge is -2.28. The maximum absolute atomic E-state index is 12.9. The van der Waals surface area contributed by atoms with Crippen LogP contribution in [0.5, 0.6) is 0 Å². The average molecular weight is 370 g/mol. The lowest BCUT2D eigenvalue weighted by Crippen LogP contribution is -2.41. The highest BCUT2D eigenvalue weighted by Gasteiger charge is 2.35. The van der Waals surface area contributed by atoms with Gasteiger partial charge in [0.15, 0.2) is 0 Å². The smallest absolute Gasteiger partial charge is 0.374 e. The fourth-order valence-corrected chi connectivity index (χ4v) is 2.69. The molecule has 0 atom stereocenters. The molecule has 0 bridgehead atoms. The molecule has 1 aromatic carbocycles. The highest BCUT2D eigenvalue weighted by atomic mass is 19.4. The van der Waals surface area contributed by atoms with Crippen LogP contribution in [0.1, 0.15) is 5.69 Å². The van der Waals surface area contributed by atoms with E-state index in [1.807, 2.05) is 0 Å². The third kappa shape index (κ3) is 2.75. The van der Waals surface area contributed by atoms with Gasteiger partial charge in [-0.15, -0.1) is 0 Å². The zero-order chi connectivity index (χ0) is 19.2. The second kappa shape index (κ2) is 6.02. The van der Waals surface area contributed by atoms with Gasteiger partial charge in [-0.2, -0.15) is 18.2 Å². The molecule has 0 radical (unpaired) electrons. The molecule has 3 rings (SSSR count). The van der Waals surface area contributed by atoms with E-state index in [0.29, 0.717) is 20.9 Å². The van der Waals surface area contributed by atoms with Crippen LogP contribution in [-0.4, -0.2) is 28.7 Å². The summed E-state index contributed by atoms with van der Waals surface area (Å²) in [5.74, 6) is -0.412. The Kier molecular flexibility index (Phi) is 4.11. The molecule has 0 aliphatic carbocycles. The number of amides is 1. The SMILES string of the molecule is CON1C(=O)CNc2ccc(-n3c(=O)cc(C(F)(F)F)n(C)c3=O)cc21. The predicted octanol–water partition coefficient (Wildman–Crippen LogP) is 0.875. The van der Waals surface area contributed by atoms with E-state index in [0.717, 1.165) is 12.1 Å². The van der Waals surface area contributed by atoms with E-state index in [1.165, 1.54) is 25.3 Å². The molecule has 0 saturated heterocycles. The van der Waals surface area contributed by atoms with Crippen molar-refractivity contribution >= 4 is 17.3 Å². The van der Waals surface area contributed by atoms with Crippen molar-refractivity contribution in [3.63, 3.8) is 0 Å². The highest BCUT2D eigenvalue weighted by molar-refractivity contribution is 6.01. The Morgan fingerprint density at radius 3 is 2.46 bits per heavy atom. The molecule has 0 saturated carbocycles. The summed E-state index contributed by atoms with van der Waals surface area (Å²) >= 11 is 0. The minimum atomic E-state index is -4.84. The number of halogens is 3. The molecule has 8 nitrogen and oxygen atoms in total. The Hall–Kier alpha value is -3.08. The van der Waals surface area contributed by atoms with Gasteiger partial charge in [0.2, 0.25) is 0 Å². The zero-order valence-corrected chi connectivity index (χ0v) is 13.6. The van der Waals surface area contributed by atoms with Crippen LogP contribution in [0.15, 0.2) is 33.9 Å². The van der Waals surface area contributed by atoms with Crippen molar-refractivity contribution in [1.82, 2.24) is 9.13 Å².